The summed E-state index contributed by atoms with van der Waals surface area (Å²) in [5.74, 6) is -0.234. The first-order chi connectivity index (χ1) is 7.16. The van der Waals surface area contributed by atoms with Crippen LogP contribution in [0.25, 0.3) is 0 Å². The van der Waals surface area contributed by atoms with Gasteiger partial charge < -0.3 is 14.5 Å². The van der Waals surface area contributed by atoms with Crippen molar-refractivity contribution in [2.75, 3.05) is 11.9 Å². The van der Waals surface area contributed by atoms with Gasteiger partial charge in [0.05, 0.1) is 24.0 Å². The molecule has 1 aliphatic heterocycles. The van der Waals surface area contributed by atoms with Crippen molar-refractivity contribution in [2.24, 2.45) is 5.92 Å². The van der Waals surface area contributed by atoms with Gasteiger partial charge in [-0.1, -0.05) is 0 Å². The minimum absolute atomic E-state index is 0.0525. The molecule has 82 valence electrons. The predicted molar refractivity (Wildman–Crippen MR) is 55.6 cm³/mol. The third-order valence-electron chi connectivity index (χ3n) is 2.43. The lowest BCUT2D eigenvalue weighted by molar-refractivity contribution is -0.151. The monoisotopic (exact) mass is 209 g/mol. The van der Waals surface area contributed by atoms with Crippen molar-refractivity contribution in [3.05, 3.63) is 18.1 Å². The second kappa shape index (κ2) is 3.96. The summed E-state index contributed by atoms with van der Waals surface area (Å²) in [7, 11) is 0. The van der Waals surface area contributed by atoms with Crippen molar-refractivity contribution in [2.45, 2.75) is 26.4 Å². The number of rotatable bonds is 2. The van der Waals surface area contributed by atoms with Gasteiger partial charge in [-0.2, -0.15) is 0 Å². The Balaban J connectivity index is 2.00. The molecule has 0 aliphatic carbocycles. The fourth-order valence-corrected chi connectivity index (χ4v) is 1.70. The first kappa shape index (κ1) is 10.1. The maximum atomic E-state index is 11.6. The van der Waals surface area contributed by atoms with Crippen LogP contribution in [0.5, 0.6) is 0 Å². The molecule has 0 saturated carbocycles. The van der Waals surface area contributed by atoms with Gasteiger partial charge in [0.15, 0.2) is 0 Å². The Kier molecular flexibility index (Phi) is 2.66. The van der Waals surface area contributed by atoms with Crippen molar-refractivity contribution in [1.82, 2.24) is 0 Å². The molecule has 0 saturated heterocycles. The number of carbonyl (C=O) groups excluding carboxylic acids is 1. The van der Waals surface area contributed by atoms with E-state index in [1.165, 1.54) is 0 Å². The Bertz CT molecular complexity index is 356. The number of ether oxygens (including phenoxy) is 1. The van der Waals surface area contributed by atoms with Gasteiger partial charge in [0, 0.05) is 12.1 Å². The summed E-state index contributed by atoms with van der Waals surface area (Å²) in [6.07, 6.45) is 3.99. The summed E-state index contributed by atoms with van der Waals surface area (Å²) >= 11 is 0. The molecule has 4 heteroatoms. The molecule has 1 aromatic heterocycles. The first-order valence-electron chi connectivity index (χ1n) is 5.16. The van der Waals surface area contributed by atoms with E-state index in [9.17, 15) is 4.79 Å². The number of nitrogens with one attached hydrogen (secondary N) is 1. The highest BCUT2D eigenvalue weighted by Crippen LogP contribution is 2.26. The molecule has 0 fully saturated rings. The molecule has 0 radical (unpaired) electrons. The lowest BCUT2D eigenvalue weighted by Gasteiger charge is -2.22. The molecule has 0 bridgehead atoms. The zero-order valence-electron chi connectivity index (χ0n) is 8.95. The van der Waals surface area contributed by atoms with E-state index in [4.69, 9.17) is 9.15 Å². The highest BCUT2D eigenvalue weighted by Gasteiger charge is 2.27. The van der Waals surface area contributed by atoms with Crippen molar-refractivity contribution in [1.29, 1.82) is 0 Å². The van der Waals surface area contributed by atoms with Crippen LogP contribution in [0.2, 0.25) is 0 Å². The summed E-state index contributed by atoms with van der Waals surface area (Å²) in [5.41, 5.74) is 2.04. The van der Waals surface area contributed by atoms with E-state index >= 15 is 0 Å². The Morgan fingerprint density at radius 1 is 1.60 bits per heavy atom. The van der Waals surface area contributed by atoms with Gasteiger partial charge in [0.1, 0.15) is 6.26 Å². The molecule has 2 rings (SSSR count). The third kappa shape index (κ3) is 2.14. The number of hydrogen-bond donors (Lipinski definition) is 1. The number of esters is 1. The topological polar surface area (TPSA) is 51.5 Å². The van der Waals surface area contributed by atoms with Crippen LogP contribution in [0.15, 0.2) is 16.9 Å². The van der Waals surface area contributed by atoms with Gasteiger partial charge >= 0.3 is 5.97 Å². The number of fused-ring (bicyclic) bond motifs is 1. The smallest absolute Gasteiger partial charge is 0.311 e. The van der Waals surface area contributed by atoms with Gasteiger partial charge in [-0.3, -0.25) is 4.79 Å². The Morgan fingerprint density at radius 3 is 3.13 bits per heavy atom. The lowest BCUT2D eigenvalue weighted by atomic mass is 9.97. The van der Waals surface area contributed by atoms with Crippen LogP contribution < -0.4 is 5.32 Å². The normalized spacial score (nSPS) is 19.5. The van der Waals surface area contributed by atoms with Crippen LogP contribution in [-0.4, -0.2) is 18.6 Å². The van der Waals surface area contributed by atoms with E-state index in [2.05, 4.69) is 5.32 Å². The number of carbonyl (C=O) groups is 1. The van der Waals surface area contributed by atoms with Gasteiger partial charge in [-0.25, -0.2) is 0 Å². The van der Waals surface area contributed by atoms with E-state index in [0.29, 0.717) is 13.0 Å². The number of furan rings is 1. The Morgan fingerprint density at radius 2 is 2.40 bits per heavy atom. The predicted octanol–water partition coefficient (Wildman–Crippen LogP) is 1.82. The van der Waals surface area contributed by atoms with E-state index < -0.39 is 0 Å². The standard InChI is InChI=1S/C11H15NO3/c1-7(2)15-11(13)8-3-9-5-14-6-10(9)12-4-8/h5-8,12H,3-4H2,1-2H3. The summed E-state index contributed by atoms with van der Waals surface area (Å²) < 4.78 is 10.2. The molecule has 0 spiro atoms. The Hall–Kier alpha value is -1.45. The molecule has 1 aliphatic rings. The first-order valence-corrected chi connectivity index (χ1v) is 5.16. The third-order valence-corrected chi connectivity index (χ3v) is 2.43. The Labute approximate surface area is 88.6 Å². The molecule has 1 atom stereocenters. The molecule has 15 heavy (non-hydrogen) atoms. The van der Waals surface area contributed by atoms with Crippen LogP contribution in [0, 0.1) is 5.92 Å². The van der Waals surface area contributed by atoms with E-state index in [-0.39, 0.29) is 18.0 Å². The molecule has 4 nitrogen and oxygen atoms in total. The maximum Gasteiger partial charge on any atom is 0.311 e. The molecular weight excluding hydrogens is 194 g/mol. The second-order valence-corrected chi connectivity index (χ2v) is 4.08. The molecular formula is C11H15NO3. The van der Waals surface area contributed by atoms with Crippen molar-refractivity contribution < 1.29 is 13.9 Å². The zero-order valence-corrected chi connectivity index (χ0v) is 8.95. The van der Waals surface area contributed by atoms with E-state index in [1.54, 1.807) is 12.5 Å². The second-order valence-electron chi connectivity index (χ2n) is 4.08. The fourth-order valence-electron chi connectivity index (χ4n) is 1.70. The van der Waals surface area contributed by atoms with Crippen molar-refractivity contribution in [3.8, 4) is 0 Å². The minimum atomic E-state index is -0.135. The fraction of sp³-hybridized carbons (Fsp3) is 0.545. The van der Waals surface area contributed by atoms with E-state index in [1.807, 2.05) is 13.8 Å². The van der Waals surface area contributed by atoms with Crippen LogP contribution >= 0.6 is 0 Å². The van der Waals surface area contributed by atoms with Gasteiger partial charge in [-0.05, 0) is 20.3 Å². The summed E-state index contributed by atoms with van der Waals surface area (Å²) in [6, 6.07) is 0. The van der Waals surface area contributed by atoms with Crippen molar-refractivity contribution in [3.63, 3.8) is 0 Å². The average molecular weight is 209 g/mol. The molecule has 1 N–H and O–H groups in total. The molecule has 2 heterocycles. The van der Waals surface area contributed by atoms with Crippen LogP contribution in [0.4, 0.5) is 5.69 Å². The SMILES string of the molecule is CC(C)OC(=O)C1CNc2cocc2C1. The lowest BCUT2D eigenvalue weighted by Crippen LogP contribution is -2.31. The molecule has 1 unspecified atom stereocenters. The molecule has 0 amide bonds. The maximum absolute atomic E-state index is 11.6. The largest absolute Gasteiger partial charge is 0.470 e. The minimum Gasteiger partial charge on any atom is -0.470 e. The highest BCUT2D eigenvalue weighted by atomic mass is 16.5. The summed E-state index contributed by atoms with van der Waals surface area (Å²) in [6.45, 7) is 4.34. The van der Waals surface area contributed by atoms with Crippen LogP contribution in [-0.2, 0) is 16.0 Å². The van der Waals surface area contributed by atoms with E-state index in [0.717, 1.165) is 11.3 Å². The van der Waals surface area contributed by atoms with Gasteiger partial charge in [-0.15, -0.1) is 0 Å². The zero-order chi connectivity index (χ0) is 10.8. The van der Waals surface area contributed by atoms with Gasteiger partial charge in [0.25, 0.3) is 0 Å². The number of hydrogen-bond acceptors (Lipinski definition) is 4. The molecule has 1 aromatic rings. The van der Waals surface area contributed by atoms with Crippen molar-refractivity contribution >= 4 is 11.7 Å². The summed E-state index contributed by atoms with van der Waals surface area (Å²) in [4.78, 5) is 11.6. The average Bonchev–Trinajstić information content (AvgIpc) is 2.62. The number of anilines is 1. The molecule has 0 aromatic carbocycles. The quantitative estimate of drug-likeness (QED) is 0.755. The van der Waals surface area contributed by atoms with Crippen LogP contribution in [0.1, 0.15) is 19.4 Å². The van der Waals surface area contributed by atoms with Gasteiger partial charge in [0.2, 0.25) is 0 Å². The highest BCUT2D eigenvalue weighted by molar-refractivity contribution is 5.75. The summed E-state index contributed by atoms with van der Waals surface area (Å²) in [5, 5.41) is 3.15. The van der Waals surface area contributed by atoms with Crippen LogP contribution in [0.3, 0.4) is 0 Å².